The number of hydrogen-bond acceptors (Lipinski definition) is 3. The molecule has 0 aliphatic carbocycles. The van der Waals surface area contributed by atoms with Gasteiger partial charge in [0, 0.05) is 6.54 Å². The van der Waals surface area contributed by atoms with Gasteiger partial charge in [-0.2, -0.15) is 5.10 Å². The van der Waals surface area contributed by atoms with E-state index in [2.05, 4.69) is 10.4 Å². The van der Waals surface area contributed by atoms with Crippen molar-refractivity contribution in [3.05, 3.63) is 82.4 Å². The zero-order chi connectivity index (χ0) is 19.6. The first-order valence-electron chi connectivity index (χ1n) is 8.57. The van der Waals surface area contributed by atoms with Crippen molar-refractivity contribution in [1.29, 1.82) is 0 Å². The number of rotatable bonds is 5. The van der Waals surface area contributed by atoms with Crippen LogP contribution >= 0.6 is 0 Å². The second-order valence-electron chi connectivity index (χ2n) is 6.39. The molecular formula is C21H20FN3O2. The second-order valence-corrected chi connectivity index (χ2v) is 6.39. The number of halogens is 1. The smallest absolute Gasteiger partial charge is 0.292 e. The van der Waals surface area contributed by atoms with Gasteiger partial charge in [-0.3, -0.25) is 9.59 Å². The van der Waals surface area contributed by atoms with Crippen LogP contribution in [0, 0.1) is 26.6 Å². The Morgan fingerprint density at radius 1 is 1.07 bits per heavy atom. The molecule has 0 spiro atoms. The molecule has 1 aromatic heterocycles. The molecule has 5 nitrogen and oxygen atoms in total. The summed E-state index contributed by atoms with van der Waals surface area (Å²) >= 11 is 0. The molecule has 3 rings (SSSR count). The number of Topliss-reactive ketones (excluding diaryl/α,β-unsaturated/α-hetero) is 1. The second kappa shape index (κ2) is 7.53. The fourth-order valence-electron chi connectivity index (χ4n) is 2.98. The fraction of sp³-hybridized carbons (Fsp3) is 0.190. The minimum Gasteiger partial charge on any atom is -0.345 e. The average molecular weight is 365 g/mol. The lowest BCUT2D eigenvalue weighted by Crippen LogP contribution is -2.31. The molecular weight excluding hydrogens is 345 g/mol. The van der Waals surface area contributed by atoms with E-state index < -0.39 is 11.7 Å². The first-order valence-corrected chi connectivity index (χ1v) is 8.57. The zero-order valence-electron chi connectivity index (χ0n) is 15.4. The molecule has 27 heavy (non-hydrogen) atoms. The Balaban J connectivity index is 1.78. The van der Waals surface area contributed by atoms with Gasteiger partial charge in [0.05, 0.1) is 22.6 Å². The van der Waals surface area contributed by atoms with E-state index in [0.717, 1.165) is 11.3 Å². The van der Waals surface area contributed by atoms with E-state index in [9.17, 15) is 14.0 Å². The maximum Gasteiger partial charge on any atom is 0.292 e. The number of aromatic nitrogens is 2. The van der Waals surface area contributed by atoms with Crippen LogP contribution < -0.4 is 5.32 Å². The van der Waals surface area contributed by atoms with Gasteiger partial charge < -0.3 is 5.32 Å². The molecule has 0 saturated carbocycles. The predicted molar refractivity (Wildman–Crippen MR) is 100 cm³/mol. The fourth-order valence-corrected chi connectivity index (χ4v) is 2.98. The summed E-state index contributed by atoms with van der Waals surface area (Å²) in [5, 5.41) is 7.00. The topological polar surface area (TPSA) is 64.0 Å². The van der Waals surface area contributed by atoms with Crippen LogP contribution in [-0.2, 0) is 11.3 Å². The van der Waals surface area contributed by atoms with Gasteiger partial charge in [-0.05, 0) is 50.1 Å². The Kier molecular flexibility index (Phi) is 5.16. The van der Waals surface area contributed by atoms with Gasteiger partial charge in [0.15, 0.2) is 0 Å². The first kappa shape index (κ1) is 18.5. The summed E-state index contributed by atoms with van der Waals surface area (Å²) in [4.78, 5) is 25.0. The summed E-state index contributed by atoms with van der Waals surface area (Å²) in [5.74, 6) is -1.65. The van der Waals surface area contributed by atoms with Crippen molar-refractivity contribution in [2.45, 2.75) is 27.3 Å². The third-order valence-electron chi connectivity index (χ3n) is 4.40. The third-order valence-corrected chi connectivity index (χ3v) is 4.40. The summed E-state index contributed by atoms with van der Waals surface area (Å²) in [6.45, 7) is 5.26. The molecule has 138 valence electrons. The molecule has 1 N–H and O–H groups in total. The van der Waals surface area contributed by atoms with E-state index in [0.29, 0.717) is 22.5 Å². The maximum absolute atomic E-state index is 13.3. The molecule has 0 unspecified atom stereocenters. The van der Waals surface area contributed by atoms with Crippen molar-refractivity contribution < 1.29 is 14.0 Å². The van der Waals surface area contributed by atoms with Gasteiger partial charge in [0.25, 0.3) is 11.7 Å². The lowest BCUT2D eigenvalue weighted by molar-refractivity contribution is -0.117. The van der Waals surface area contributed by atoms with Gasteiger partial charge in [0.2, 0.25) is 0 Å². The molecule has 2 aromatic carbocycles. The van der Waals surface area contributed by atoms with Crippen molar-refractivity contribution in [3.63, 3.8) is 0 Å². The highest BCUT2D eigenvalue weighted by Crippen LogP contribution is 2.18. The molecule has 6 heteroatoms. The molecule has 0 atom stereocenters. The van der Waals surface area contributed by atoms with Crippen LogP contribution in [0.15, 0.2) is 48.5 Å². The van der Waals surface area contributed by atoms with Crippen molar-refractivity contribution in [2.24, 2.45) is 0 Å². The molecule has 3 aromatic rings. The number of nitrogens with zero attached hydrogens (tertiary/aromatic N) is 2. The van der Waals surface area contributed by atoms with E-state index in [4.69, 9.17) is 0 Å². The molecule has 0 radical (unpaired) electrons. The van der Waals surface area contributed by atoms with Crippen molar-refractivity contribution in [2.75, 3.05) is 0 Å². The zero-order valence-corrected chi connectivity index (χ0v) is 15.4. The van der Waals surface area contributed by atoms with Crippen LogP contribution in [0.5, 0.6) is 0 Å². The van der Waals surface area contributed by atoms with Crippen LogP contribution in [0.4, 0.5) is 4.39 Å². The Morgan fingerprint density at radius 2 is 1.78 bits per heavy atom. The minimum atomic E-state index is -0.712. The number of para-hydroxylation sites is 1. The number of benzene rings is 2. The number of carbonyl (C=O) groups excluding carboxylic acids is 2. The van der Waals surface area contributed by atoms with Gasteiger partial charge in [-0.25, -0.2) is 9.07 Å². The van der Waals surface area contributed by atoms with Crippen LogP contribution in [0.25, 0.3) is 5.69 Å². The summed E-state index contributed by atoms with van der Waals surface area (Å²) in [7, 11) is 0. The Bertz CT molecular complexity index is 1010. The maximum atomic E-state index is 13.3. The monoisotopic (exact) mass is 365 g/mol. The summed E-state index contributed by atoms with van der Waals surface area (Å²) in [5.41, 5.74) is 3.43. The average Bonchev–Trinajstić information content (AvgIpc) is 2.96. The summed E-state index contributed by atoms with van der Waals surface area (Å²) < 4.78 is 15.0. The normalized spacial score (nSPS) is 10.7. The number of hydrogen-bond donors (Lipinski definition) is 1. The Hall–Kier alpha value is -3.28. The largest absolute Gasteiger partial charge is 0.345 e. The van der Waals surface area contributed by atoms with E-state index in [-0.39, 0.29) is 12.4 Å². The van der Waals surface area contributed by atoms with Gasteiger partial charge >= 0.3 is 0 Å². The lowest BCUT2D eigenvalue weighted by Gasteiger charge is -2.07. The van der Waals surface area contributed by atoms with Gasteiger partial charge in [-0.1, -0.05) is 30.3 Å². The summed E-state index contributed by atoms with van der Waals surface area (Å²) in [6.07, 6.45) is 0. The molecule has 0 aliphatic rings. The minimum absolute atomic E-state index is 0.149. The predicted octanol–water partition coefficient (Wildman–Crippen LogP) is 3.44. The van der Waals surface area contributed by atoms with E-state index in [1.54, 1.807) is 37.6 Å². The van der Waals surface area contributed by atoms with E-state index in [1.165, 1.54) is 6.07 Å². The quantitative estimate of drug-likeness (QED) is 0.556. The number of carbonyl (C=O) groups is 2. The van der Waals surface area contributed by atoms with Crippen molar-refractivity contribution in [1.82, 2.24) is 15.1 Å². The van der Waals surface area contributed by atoms with E-state index in [1.807, 2.05) is 30.3 Å². The Morgan fingerprint density at radius 3 is 2.44 bits per heavy atom. The third kappa shape index (κ3) is 3.79. The molecule has 1 heterocycles. The van der Waals surface area contributed by atoms with Crippen LogP contribution in [0.1, 0.15) is 32.9 Å². The molecule has 0 saturated heterocycles. The van der Waals surface area contributed by atoms with Gasteiger partial charge in [-0.15, -0.1) is 0 Å². The van der Waals surface area contributed by atoms with Crippen LogP contribution in [0.3, 0.4) is 0 Å². The number of ketones is 1. The Labute approximate surface area is 156 Å². The van der Waals surface area contributed by atoms with Gasteiger partial charge in [0.1, 0.15) is 5.82 Å². The van der Waals surface area contributed by atoms with Crippen molar-refractivity contribution in [3.8, 4) is 5.69 Å². The highest BCUT2D eigenvalue weighted by molar-refractivity contribution is 6.43. The number of nitrogens with one attached hydrogen (secondary N) is 1. The number of amides is 1. The highest BCUT2D eigenvalue weighted by atomic mass is 19.1. The van der Waals surface area contributed by atoms with Crippen molar-refractivity contribution >= 4 is 11.7 Å². The standard InChI is InChI=1S/C21H20FN3O2/c1-13-11-16(9-10-18(13)22)12-23-21(27)20(26)19-14(2)24-25(15(19)3)17-7-5-4-6-8-17/h4-11H,12H2,1-3H3,(H,23,27). The lowest BCUT2D eigenvalue weighted by atomic mass is 10.1. The molecule has 0 fully saturated rings. The highest BCUT2D eigenvalue weighted by Gasteiger charge is 2.24. The van der Waals surface area contributed by atoms with Crippen LogP contribution in [-0.4, -0.2) is 21.5 Å². The van der Waals surface area contributed by atoms with Crippen LogP contribution in [0.2, 0.25) is 0 Å². The molecule has 1 amide bonds. The SMILES string of the molecule is Cc1cc(CNC(=O)C(=O)c2c(C)nn(-c3ccccc3)c2C)ccc1F. The van der Waals surface area contributed by atoms with E-state index >= 15 is 0 Å². The molecule has 0 bridgehead atoms. The molecule has 0 aliphatic heterocycles. The summed E-state index contributed by atoms with van der Waals surface area (Å²) in [6, 6.07) is 14.0. The number of aryl methyl sites for hydroxylation is 2. The first-order chi connectivity index (χ1) is 12.9.